The molecular formula is C34H22N4. The number of aromatic nitrogens is 4. The second kappa shape index (κ2) is 9.31. The van der Waals surface area contributed by atoms with Gasteiger partial charge in [0.25, 0.3) is 0 Å². The minimum Gasteiger partial charge on any atom is -0.309 e. The number of rotatable bonds is 4. The molecule has 0 aliphatic heterocycles. The highest BCUT2D eigenvalue weighted by atomic mass is 15.0. The van der Waals surface area contributed by atoms with E-state index in [0.29, 0.717) is 23.9 Å². The summed E-state index contributed by atoms with van der Waals surface area (Å²) in [7, 11) is 0. The molecule has 0 atom stereocenters. The third kappa shape index (κ3) is 3.87. The molecule has 0 N–H and O–H groups in total. The largest absolute Gasteiger partial charge is 0.309 e. The van der Waals surface area contributed by atoms with Gasteiger partial charge in [-0.2, -0.15) is 0 Å². The van der Waals surface area contributed by atoms with E-state index in [9.17, 15) is 0 Å². The minimum absolute atomic E-state index is 0.579. The van der Waals surface area contributed by atoms with Gasteiger partial charge in [-0.1, -0.05) is 103 Å². The summed E-state index contributed by atoms with van der Waals surface area (Å²) in [5, 5.41) is 2.46. The van der Waals surface area contributed by atoms with Crippen molar-refractivity contribution < 1.29 is 0 Å². The molecule has 1 aliphatic carbocycles. The lowest BCUT2D eigenvalue weighted by molar-refractivity contribution is 1.04. The summed E-state index contributed by atoms with van der Waals surface area (Å²) in [5.41, 5.74) is 6.03. The first-order chi connectivity index (χ1) is 18.8. The molecule has 0 bridgehead atoms. The second-order valence-electron chi connectivity index (χ2n) is 9.11. The maximum absolute atomic E-state index is 4.91. The van der Waals surface area contributed by atoms with Crippen LogP contribution in [0.4, 0.5) is 0 Å². The van der Waals surface area contributed by atoms with E-state index in [4.69, 9.17) is 15.0 Å². The van der Waals surface area contributed by atoms with Crippen molar-refractivity contribution in [1.29, 1.82) is 0 Å². The first-order valence-electron chi connectivity index (χ1n) is 12.6. The summed E-state index contributed by atoms with van der Waals surface area (Å²) >= 11 is 0. The highest BCUT2D eigenvalue weighted by Gasteiger charge is 2.15. The Labute approximate surface area is 220 Å². The van der Waals surface area contributed by atoms with Crippen LogP contribution < -0.4 is 0 Å². The predicted octanol–water partition coefficient (Wildman–Crippen LogP) is 7.65. The Morgan fingerprint density at radius 1 is 0.605 bits per heavy atom. The van der Waals surface area contributed by atoms with E-state index in [1.807, 2.05) is 48.6 Å². The normalized spacial score (nSPS) is 12.7. The van der Waals surface area contributed by atoms with Gasteiger partial charge in [-0.15, -0.1) is 0 Å². The van der Waals surface area contributed by atoms with Crippen LogP contribution in [0, 0.1) is 11.8 Å². The predicted molar refractivity (Wildman–Crippen MR) is 155 cm³/mol. The van der Waals surface area contributed by atoms with Crippen molar-refractivity contribution in [1.82, 2.24) is 19.5 Å². The Morgan fingerprint density at radius 3 is 2.00 bits per heavy atom. The first-order valence-corrected chi connectivity index (χ1v) is 12.6. The molecule has 0 unspecified atom stereocenters. The van der Waals surface area contributed by atoms with Crippen LogP contribution in [-0.2, 0) is 0 Å². The zero-order valence-corrected chi connectivity index (χ0v) is 20.5. The first kappa shape index (κ1) is 22.0. The molecule has 0 amide bonds. The lowest BCUT2D eigenvalue weighted by Gasteiger charge is -2.11. The average Bonchev–Trinajstić information content (AvgIpc) is 3.11. The summed E-state index contributed by atoms with van der Waals surface area (Å²) in [6, 6.07) is 35.5. The van der Waals surface area contributed by atoms with E-state index in [2.05, 4.69) is 89.2 Å². The van der Waals surface area contributed by atoms with Gasteiger partial charge >= 0.3 is 0 Å². The molecule has 38 heavy (non-hydrogen) atoms. The van der Waals surface area contributed by atoms with E-state index in [0.717, 1.165) is 33.4 Å². The maximum Gasteiger partial charge on any atom is 0.172 e. The Morgan fingerprint density at radius 2 is 1.24 bits per heavy atom. The molecule has 0 radical (unpaired) electrons. The van der Waals surface area contributed by atoms with Crippen LogP contribution in [0.2, 0.25) is 0 Å². The second-order valence-corrected chi connectivity index (χ2v) is 9.11. The molecule has 7 rings (SSSR count). The van der Waals surface area contributed by atoms with Crippen LogP contribution in [0.3, 0.4) is 0 Å². The lowest BCUT2D eigenvalue weighted by Crippen LogP contribution is -2.03. The Bertz CT molecular complexity index is 1900. The molecule has 0 fully saturated rings. The van der Waals surface area contributed by atoms with Gasteiger partial charge in [0.05, 0.1) is 16.6 Å². The van der Waals surface area contributed by atoms with Gasteiger partial charge < -0.3 is 4.57 Å². The fourth-order valence-corrected chi connectivity index (χ4v) is 4.94. The summed E-state index contributed by atoms with van der Waals surface area (Å²) < 4.78 is 2.30. The number of hydrogen-bond donors (Lipinski definition) is 0. The fraction of sp³-hybridized carbons (Fsp3) is 0.0294. The number of para-hydroxylation sites is 2. The average molecular weight is 487 g/mol. The van der Waals surface area contributed by atoms with Gasteiger partial charge in [0, 0.05) is 34.0 Å². The Hall–Kier alpha value is -5.27. The number of fused-ring (bicyclic) bond motifs is 3. The molecule has 178 valence electrons. The van der Waals surface area contributed by atoms with E-state index in [1.165, 1.54) is 10.8 Å². The molecule has 1 aliphatic rings. The molecule has 4 nitrogen and oxygen atoms in total. The topological polar surface area (TPSA) is 43.6 Å². The van der Waals surface area contributed by atoms with Crippen molar-refractivity contribution in [3.63, 3.8) is 0 Å². The maximum atomic E-state index is 4.91. The smallest absolute Gasteiger partial charge is 0.172 e. The van der Waals surface area contributed by atoms with Crippen molar-refractivity contribution in [2.75, 3.05) is 0 Å². The van der Waals surface area contributed by atoms with Gasteiger partial charge in [0.2, 0.25) is 0 Å². The van der Waals surface area contributed by atoms with Gasteiger partial charge in [-0.05, 0) is 30.3 Å². The zero-order chi connectivity index (χ0) is 25.3. The van der Waals surface area contributed by atoms with Crippen LogP contribution >= 0.6 is 0 Å². The van der Waals surface area contributed by atoms with Crippen molar-refractivity contribution in [3.8, 4) is 40.3 Å². The lowest BCUT2D eigenvalue weighted by atomic mass is 10.1. The van der Waals surface area contributed by atoms with E-state index < -0.39 is 0 Å². The molecule has 2 aromatic heterocycles. The molecule has 4 aromatic carbocycles. The molecule has 0 spiro atoms. The Kier molecular flexibility index (Phi) is 5.38. The molecule has 6 aromatic rings. The minimum atomic E-state index is 0.579. The van der Waals surface area contributed by atoms with Crippen molar-refractivity contribution >= 4 is 27.4 Å². The van der Waals surface area contributed by atoms with Crippen molar-refractivity contribution in [2.45, 2.75) is 6.42 Å². The molecular weight excluding hydrogens is 464 g/mol. The highest BCUT2D eigenvalue weighted by molar-refractivity contribution is 6.09. The molecule has 2 heterocycles. The summed E-state index contributed by atoms with van der Waals surface area (Å²) in [6.45, 7) is 0. The van der Waals surface area contributed by atoms with Crippen molar-refractivity contribution in [2.24, 2.45) is 0 Å². The quantitative estimate of drug-likeness (QED) is 0.240. The summed E-state index contributed by atoms with van der Waals surface area (Å²) in [6.07, 6.45) is 6.72. The van der Waals surface area contributed by atoms with Crippen molar-refractivity contribution in [3.05, 3.63) is 127 Å². The monoisotopic (exact) mass is 486 g/mol. The number of benzene rings is 4. The van der Waals surface area contributed by atoms with Crippen LogP contribution in [0.15, 0.2) is 121 Å². The van der Waals surface area contributed by atoms with Gasteiger partial charge in [0.1, 0.15) is 0 Å². The number of allylic oxidation sites excluding steroid dienone is 4. The van der Waals surface area contributed by atoms with Gasteiger partial charge in [-0.3, -0.25) is 0 Å². The molecule has 0 saturated heterocycles. The van der Waals surface area contributed by atoms with E-state index >= 15 is 0 Å². The summed E-state index contributed by atoms with van der Waals surface area (Å²) in [5.74, 6) is 8.21. The highest BCUT2D eigenvalue weighted by Crippen LogP contribution is 2.33. The van der Waals surface area contributed by atoms with Crippen LogP contribution in [0.25, 0.3) is 55.8 Å². The number of nitrogens with zero attached hydrogens (tertiary/aromatic N) is 4. The van der Waals surface area contributed by atoms with Crippen LogP contribution in [0.5, 0.6) is 0 Å². The molecule has 4 heteroatoms. The number of hydrogen-bond acceptors (Lipinski definition) is 3. The summed E-state index contributed by atoms with van der Waals surface area (Å²) in [4.78, 5) is 14.6. The van der Waals surface area contributed by atoms with Crippen LogP contribution in [0.1, 0.15) is 12.2 Å². The fourth-order valence-electron chi connectivity index (χ4n) is 4.94. The van der Waals surface area contributed by atoms with Gasteiger partial charge in [0.15, 0.2) is 17.5 Å². The third-order valence-corrected chi connectivity index (χ3v) is 6.69. The zero-order valence-electron chi connectivity index (χ0n) is 20.5. The third-order valence-electron chi connectivity index (χ3n) is 6.69. The van der Waals surface area contributed by atoms with Crippen LogP contribution in [-0.4, -0.2) is 19.5 Å². The van der Waals surface area contributed by atoms with E-state index in [-0.39, 0.29) is 0 Å². The standard InChI is InChI=1S/C34H22N4/c1-2-5-14-24(13-4-1)32-35-33(25-15-6-3-7-16-25)37-34(36-32)26-17-12-18-27(23-26)38-30-21-10-8-19-28(30)29-20-9-11-22-31(29)38/h1,3-4,6-13,15-23H,2H2. The molecule has 0 saturated carbocycles. The SMILES string of the molecule is C1#CC(c2nc(-c3ccccc3)nc(-c3cccc(-n4c5ccccc5c5ccccc54)c3)n2)=CC=CC1. The van der Waals surface area contributed by atoms with E-state index in [1.54, 1.807) is 0 Å². The van der Waals surface area contributed by atoms with Gasteiger partial charge in [-0.25, -0.2) is 15.0 Å². The Balaban J connectivity index is 1.43.